The summed E-state index contributed by atoms with van der Waals surface area (Å²) in [6.45, 7) is 10.9. The van der Waals surface area contributed by atoms with Crippen LogP contribution in [0.15, 0.2) is 47.6 Å². The average Bonchev–Trinajstić information content (AvgIpc) is 2.52. The summed E-state index contributed by atoms with van der Waals surface area (Å²) in [5.41, 5.74) is 10.8. The monoisotopic (exact) mass is 326 g/mol. The topological polar surface area (TPSA) is 55.1 Å². The fourth-order valence-electron chi connectivity index (χ4n) is 2.16. The molecule has 0 atom stereocenters. The van der Waals surface area contributed by atoms with Gasteiger partial charge in [0.25, 0.3) is 0 Å². The molecule has 0 saturated heterocycles. The number of amides is 1. The summed E-state index contributed by atoms with van der Waals surface area (Å²) in [6, 6.07) is 5.87. The number of carbonyl (C=O) groups is 1. The first kappa shape index (κ1) is 19.8. The van der Waals surface area contributed by atoms with Gasteiger partial charge in [-0.15, -0.1) is 0 Å². The molecule has 1 aromatic carbocycles. The van der Waals surface area contributed by atoms with E-state index in [9.17, 15) is 4.79 Å². The summed E-state index contributed by atoms with van der Waals surface area (Å²) in [4.78, 5) is 12.1. The lowest BCUT2D eigenvalue weighted by molar-refractivity contribution is -0.116. The SMILES string of the molecule is CC/C=C/C(=C\c1cc(N)ccc1C)C(/C)=C/C(=O)NCC(C)C. The fourth-order valence-corrected chi connectivity index (χ4v) is 2.16. The summed E-state index contributed by atoms with van der Waals surface area (Å²) in [5.74, 6) is 0.383. The number of carbonyl (C=O) groups excluding carboxylic acids is 1. The van der Waals surface area contributed by atoms with Crippen molar-refractivity contribution < 1.29 is 4.79 Å². The summed E-state index contributed by atoms with van der Waals surface area (Å²) in [7, 11) is 0. The van der Waals surface area contributed by atoms with Crippen LogP contribution in [0.4, 0.5) is 5.69 Å². The summed E-state index contributed by atoms with van der Waals surface area (Å²) in [5, 5.41) is 2.92. The number of benzene rings is 1. The first-order chi connectivity index (χ1) is 11.3. The first-order valence-corrected chi connectivity index (χ1v) is 8.54. The fraction of sp³-hybridized carbons (Fsp3) is 0.381. The molecule has 0 heterocycles. The van der Waals surface area contributed by atoms with Crippen molar-refractivity contribution in [1.29, 1.82) is 0 Å². The molecule has 0 aliphatic rings. The second-order valence-electron chi connectivity index (χ2n) is 6.49. The molecule has 0 unspecified atom stereocenters. The van der Waals surface area contributed by atoms with Crippen LogP contribution < -0.4 is 11.1 Å². The third-order valence-corrected chi connectivity index (χ3v) is 3.63. The van der Waals surface area contributed by atoms with Gasteiger partial charge in [-0.05, 0) is 66.7 Å². The molecule has 0 fully saturated rings. The van der Waals surface area contributed by atoms with Crippen LogP contribution in [0, 0.1) is 12.8 Å². The van der Waals surface area contributed by atoms with Crippen molar-refractivity contribution in [1.82, 2.24) is 5.32 Å². The Bertz CT molecular complexity index is 652. The van der Waals surface area contributed by atoms with Gasteiger partial charge in [-0.3, -0.25) is 4.79 Å². The highest BCUT2D eigenvalue weighted by atomic mass is 16.1. The zero-order valence-corrected chi connectivity index (χ0v) is 15.5. The van der Waals surface area contributed by atoms with Gasteiger partial charge >= 0.3 is 0 Å². The summed E-state index contributed by atoms with van der Waals surface area (Å²) in [6.07, 6.45) is 8.84. The van der Waals surface area contributed by atoms with E-state index in [4.69, 9.17) is 5.73 Å². The predicted molar refractivity (Wildman–Crippen MR) is 105 cm³/mol. The van der Waals surface area contributed by atoms with E-state index in [1.165, 1.54) is 0 Å². The molecule has 3 nitrogen and oxygen atoms in total. The maximum atomic E-state index is 12.1. The van der Waals surface area contributed by atoms with Crippen molar-refractivity contribution in [2.45, 2.75) is 41.0 Å². The molecule has 1 aromatic rings. The lowest BCUT2D eigenvalue weighted by Gasteiger charge is -2.08. The highest BCUT2D eigenvalue weighted by molar-refractivity contribution is 5.89. The molecule has 3 N–H and O–H groups in total. The van der Waals surface area contributed by atoms with Crippen LogP contribution in [0.5, 0.6) is 0 Å². The van der Waals surface area contributed by atoms with Gasteiger partial charge in [0.05, 0.1) is 0 Å². The van der Waals surface area contributed by atoms with E-state index in [-0.39, 0.29) is 5.91 Å². The molecule has 0 aliphatic carbocycles. The smallest absolute Gasteiger partial charge is 0.244 e. The molecule has 0 spiro atoms. The van der Waals surface area contributed by atoms with E-state index >= 15 is 0 Å². The van der Waals surface area contributed by atoms with Crippen molar-refractivity contribution >= 4 is 17.7 Å². The van der Waals surface area contributed by atoms with E-state index in [1.54, 1.807) is 6.08 Å². The molecule has 1 amide bonds. The Kier molecular flexibility index (Phi) is 8.03. The van der Waals surface area contributed by atoms with Crippen molar-refractivity contribution in [3.63, 3.8) is 0 Å². The number of nitrogens with one attached hydrogen (secondary N) is 1. The van der Waals surface area contributed by atoms with Crippen LogP contribution in [-0.2, 0) is 4.79 Å². The predicted octanol–water partition coefficient (Wildman–Crippen LogP) is 4.65. The molecule has 0 saturated carbocycles. The van der Waals surface area contributed by atoms with Crippen LogP contribution in [-0.4, -0.2) is 12.5 Å². The largest absolute Gasteiger partial charge is 0.399 e. The molecule has 3 heteroatoms. The third-order valence-electron chi connectivity index (χ3n) is 3.63. The van der Waals surface area contributed by atoms with Crippen LogP contribution >= 0.6 is 0 Å². The number of hydrogen-bond acceptors (Lipinski definition) is 2. The summed E-state index contributed by atoms with van der Waals surface area (Å²) >= 11 is 0. The number of allylic oxidation sites excluding steroid dienone is 4. The Labute approximate surface area is 146 Å². The number of hydrogen-bond donors (Lipinski definition) is 2. The van der Waals surface area contributed by atoms with Gasteiger partial charge in [0, 0.05) is 18.3 Å². The van der Waals surface area contributed by atoms with Crippen molar-refractivity contribution in [2.75, 3.05) is 12.3 Å². The lowest BCUT2D eigenvalue weighted by atomic mass is 9.99. The van der Waals surface area contributed by atoms with Gasteiger partial charge in [0.2, 0.25) is 5.91 Å². The van der Waals surface area contributed by atoms with E-state index in [0.29, 0.717) is 12.5 Å². The van der Waals surface area contributed by atoms with E-state index in [1.807, 2.05) is 25.1 Å². The van der Waals surface area contributed by atoms with Gasteiger partial charge in [0.1, 0.15) is 0 Å². The minimum Gasteiger partial charge on any atom is -0.399 e. The molecule has 130 valence electrons. The Hall–Kier alpha value is -2.29. The highest BCUT2D eigenvalue weighted by Gasteiger charge is 2.04. The van der Waals surface area contributed by atoms with Crippen molar-refractivity contribution in [3.8, 4) is 0 Å². The minimum absolute atomic E-state index is 0.0544. The van der Waals surface area contributed by atoms with Crippen LogP contribution in [0.1, 0.15) is 45.2 Å². The zero-order valence-electron chi connectivity index (χ0n) is 15.5. The number of nitrogen functional groups attached to an aromatic ring is 1. The Balaban J connectivity index is 3.12. The molecular weight excluding hydrogens is 296 g/mol. The number of nitrogens with two attached hydrogens (primary N) is 1. The Morgan fingerprint density at radius 3 is 2.67 bits per heavy atom. The number of anilines is 1. The second-order valence-corrected chi connectivity index (χ2v) is 6.49. The molecule has 24 heavy (non-hydrogen) atoms. The third kappa shape index (κ3) is 6.86. The molecular formula is C21H30N2O. The van der Waals surface area contributed by atoms with Gasteiger partial charge in [-0.2, -0.15) is 0 Å². The Morgan fingerprint density at radius 2 is 2.04 bits per heavy atom. The standard InChI is InChI=1S/C21H30N2O/c1-6-7-8-18(12-19-13-20(22)10-9-16(19)4)17(5)11-21(24)23-14-15(2)3/h7-13,15H,6,14,22H2,1-5H3,(H,23,24)/b8-7+,17-11+,18-12+. The van der Waals surface area contributed by atoms with Crippen molar-refractivity contribution in [3.05, 3.63) is 58.7 Å². The summed E-state index contributed by atoms with van der Waals surface area (Å²) < 4.78 is 0. The van der Waals surface area contributed by atoms with E-state index in [0.717, 1.165) is 34.4 Å². The molecule has 0 radical (unpaired) electrons. The van der Waals surface area contributed by atoms with E-state index < -0.39 is 0 Å². The van der Waals surface area contributed by atoms with Gasteiger partial charge in [-0.25, -0.2) is 0 Å². The van der Waals surface area contributed by atoms with Crippen LogP contribution in [0.2, 0.25) is 0 Å². The van der Waals surface area contributed by atoms with Crippen LogP contribution in [0.25, 0.3) is 6.08 Å². The second kappa shape index (κ2) is 9.76. The molecule has 1 rings (SSSR count). The quantitative estimate of drug-likeness (QED) is 0.435. The molecule has 0 aromatic heterocycles. The maximum Gasteiger partial charge on any atom is 0.244 e. The maximum absolute atomic E-state index is 12.1. The van der Waals surface area contributed by atoms with Gasteiger partial charge in [-0.1, -0.05) is 39.0 Å². The average molecular weight is 326 g/mol. The molecule has 0 bridgehead atoms. The van der Waals surface area contributed by atoms with Crippen molar-refractivity contribution in [2.24, 2.45) is 5.92 Å². The normalized spacial score (nSPS) is 12.9. The van der Waals surface area contributed by atoms with Crippen LogP contribution in [0.3, 0.4) is 0 Å². The lowest BCUT2D eigenvalue weighted by Crippen LogP contribution is -2.25. The van der Waals surface area contributed by atoms with Gasteiger partial charge < -0.3 is 11.1 Å². The highest BCUT2D eigenvalue weighted by Crippen LogP contribution is 2.20. The number of aryl methyl sites for hydroxylation is 1. The minimum atomic E-state index is -0.0544. The number of rotatable bonds is 7. The Morgan fingerprint density at radius 1 is 1.33 bits per heavy atom. The first-order valence-electron chi connectivity index (χ1n) is 8.54. The van der Waals surface area contributed by atoms with E-state index in [2.05, 4.69) is 51.2 Å². The molecule has 0 aliphatic heterocycles. The van der Waals surface area contributed by atoms with Gasteiger partial charge in [0.15, 0.2) is 0 Å². The zero-order chi connectivity index (χ0) is 18.1.